The first-order valence-electron chi connectivity index (χ1n) is 4.37. The summed E-state index contributed by atoms with van der Waals surface area (Å²) in [5, 5.41) is 10.3. The Balaban J connectivity index is 2.84. The Hall–Kier alpha value is -0.930. The molecule has 0 saturated heterocycles. The second-order valence-electron chi connectivity index (χ2n) is 3.24. The van der Waals surface area contributed by atoms with Crippen LogP contribution in [0.4, 0.5) is 0 Å². The Labute approximate surface area is 90.7 Å². The number of hydrogen-bond donors (Lipinski definition) is 1. The molecule has 0 aliphatic heterocycles. The molecule has 1 aromatic carbocycles. The molecule has 1 aromatic heterocycles. The van der Waals surface area contributed by atoms with Gasteiger partial charge in [-0.05, 0) is 36.2 Å². The highest BCUT2D eigenvalue weighted by atomic mass is 79.9. The van der Waals surface area contributed by atoms with Crippen LogP contribution in [0.5, 0.6) is 0 Å². The fraction of sp³-hybridized carbons (Fsp3) is 0.182. The molecule has 0 atom stereocenters. The van der Waals surface area contributed by atoms with Crippen molar-refractivity contribution >= 4 is 26.8 Å². The number of aromatic nitrogens is 1. The van der Waals surface area contributed by atoms with Crippen LogP contribution in [0.1, 0.15) is 11.1 Å². The average Bonchev–Trinajstić information content (AvgIpc) is 2.17. The molecule has 0 bridgehead atoms. The van der Waals surface area contributed by atoms with E-state index < -0.39 is 0 Å². The van der Waals surface area contributed by atoms with Gasteiger partial charge in [-0.25, -0.2) is 0 Å². The van der Waals surface area contributed by atoms with Gasteiger partial charge in [-0.15, -0.1) is 0 Å². The van der Waals surface area contributed by atoms with E-state index in [0.29, 0.717) is 0 Å². The number of rotatable bonds is 1. The predicted octanol–water partition coefficient (Wildman–Crippen LogP) is 2.80. The Bertz CT molecular complexity index is 477. The van der Waals surface area contributed by atoms with Gasteiger partial charge in [0.15, 0.2) is 0 Å². The van der Waals surface area contributed by atoms with E-state index in [-0.39, 0.29) is 6.61 Å². The zero-order valence-electron chi connectivity index (χ0n) is 7.79. The van der Waals surface area contributed by atoms with E-state index in [1.165, 1.54) is 0 Å². The van der Waals surface area contributed by atoms with Gasteiger partial charge in [0.1, 0.15) is 0 Å². The highest BCUT2D eigenvalue weighted by molar-refractivity contribution is 9.10. The van der Waals surface area contributed by atoms with Gasteiger partial charge in [-0.2, -0.15) is 0 Å². The number of hydrogen-bond acceptors (Lipinski definition) is 2. The Morgan fingerprint density at radius 2 is 2.21 bits per heavy atom. The van der Waals surface area contributed by atoms with E-state index in [1.54, 1.807) is 6.20 Å². The maximum absolute atomic E-state index is 9.26. The van der Waals surface area contributed by atoms with Crippen LogP contribution in [0.2, 0.25) is 0 Å². The van der Waals surface area contributed by atoms with Crippen LogP contribution >= 0.6 is 15.9 Å². The van der Waals surface area contributed by atoms with Gasteiger partial charge < -0.3 is 5.11 Å². The van der Waals surface area contributed by atoms with Crippen molar-refractivity contribution in [2.75, 3.05) is 0 Å². The predicted molar refractivity (Wildman–Crippen MR) is 60.1 cm³/mol. The zero-order chi connectivity index (χ0) is 10.1. The third-order valence-corrected chi connectivity index (χ3v) is 2.81. The molecule has 1 heterocycles. The number of fused-ring (bicyclic) bond motifs is 1. The maximum atomic E-state index is 9.26. The average molecular weight is 252 g/mol. The van der Waals surface area contributed by atoms with Gasteiger partial charge in [0.2, 0.25) is 0 Å². The molecule has 2 nitrogen and oxygen atoms in total. The minimum Gasteiger partial charge on any atom is -0.392 e. The summed E-state index contributed by atoms with van der Waals surface area (Å²) in [5.41, 5.74) is 2.90. The van der Waals surface area contributed by atoms with Crippen LogP contribution in [0.25, 0.3) is 10.9 Å². The molecule has 0 fully saturated rings. The normalized spacial score (nSPS) is 10.8. The summed E-state index contributed by atoms with van der Waals surface area (Å²) in [7, 11) is 0. The van der Waals surface area contributed by atoms with Gasteiger partial charge in [0.05, 0.1) is 12.1 Å². The molecule has 72 valence electrons. The summed E-state index contributed by atoms with van der Waals surface area (Å²) in [6, 6.07) is 5.88. The molecule has 0 saturated carbocycles. The highest BCUT2D eigenvalue weighted by Crippen LogP contribution is 2.23. The van der Waals surface area contributed by atoms with E-state index in [0.717, 1.165) is 26.5 Å². The van der Waals surface area contributed by atoms with Gasteiger partial charge in [0.25, 0.3) is 0 Å². The lowest BCUT2D eigenvalue weighted by atomic mass is 10.1. The van der Waals surface area contributed by atoms with Crippen molar-refractivity contribution < 1.29 is 5.11 Å². The molecular formula is C11H10BrNO. The Kier molecular flexibility index (Phi) is 2.52. The molecule has 0 unspecified atom stereocenters. The summed E-state index contributed by atoms with van der Waals surface area (Å²) in [6.07, 6.45) is 1.79. The number of nitrogens with zero attached hydrogens (tertiary/aromatic N) is 1. The molecule has 0 spiro atoms. The Morgan fingerprint density at radius 1 is 1.43 bits per heavy atom. The number of aryl methyl sites for hydroxylation is 1. The summed E-state index contributed by atoms with van der Waals surface area (Å²) < 4.78 is 1.01. The van der Waals surface area contributed by atoms with E-state index in [9.17, 15) is 5.11 Å². The van der Waals surface area contributed by atoms with E-state index in [1.807, 2.05) is 25.1 Å². The number of aliphatic hydroxyl groups excluding tert-OH is 1. The molecule has 14 heavy (non-hydrogen) atoms. The van der Waals surface area contributed by atoms with Crippen LogP contribution < -0.4 is 0 Å². The maximum Gasteiger partial charge on any atom is 0.0706 e. The van der Waals surface area contributed by atoms with Crippen molar-refractivity contribution in [1.29, 1.82) is 0 Å². The summed E-state index contributed by atoms with van der Waals surface area (Å²) in [4.78, 5) is 4.30. The Morgan fingerprint density at radius 3 is 2.93 bits per heavy atom. The first-order chi connectivity index (χ1) is 6.72. The molecular weight excluding hydrogens is 242 g/mol. The van der Waals surface area contributed by atoms with E-state index >= 15 is 0 Å². The van der Waals surface area contributed by atoms with Crippen LogP contribution in [-0.4, -0.2) is 10.1 Å². The first-order valence-corrected chi connectivity index (χ1v) is 5.16. The number of benzene rings is 1. The van der Waals surface area contributed by atoms with Gasteiger partial charge >= 0.3 is 0 Å². The van der Waals surface area contributed by atoms with Crippen LogP contribution in [0.15, 0.2) is 28.9 Å². The number of pyridine rings is 1. The molecule has 2 rings (SSSR count). The zero-order valence-corrected chi connectivity index (χ0v) is 9.37. The summed E-state index contributed by atoms with van der Waals surface area (Å²) >= 11 is 3.41. The van der Waals surface area contributed by atoms with Crippen molar-refractivity contribution in [1.82, 2.24) is 4.98 Å². The van der Waals surface area contributed by atoms with Crippen LogP contribution in [0.3, 0.4) is 0 Å². The molecule has 3 heteroatoms. The third kappa shape index (κ3) is 1.53. The quantitative estimate of drug-likeness (QED) is 0.846. The molecule has 0 radical (unpaired) electrons. The second kappa shape index (κ2) is 3.67. The topological polar surface area (TPSA) is 33.1 Å². The van der Waals surface area contributed by atoms with Crippen molar-refractivity contribution in [3.63, 3.8) is 0 Å². The van der Waals surface area contributed by atoms with Crippen LogP contribution in [-0.2, 0) is 6.61 Å². The molecule has 2 aromatic rings. The third-order valence-electron chi connectivity index (χ3n) is 2.32. The number of aliphatic hydroxyl groups is 1. The fourth-order valence-electron chi connectivity index (χ4n) is 1.53. The van der Waals surface area contributed by atoms with Crippen molar-refractivity contribution in [2.24, 2.45) is 0 Å². The van der Waals surface area contributed by atoms with Crippen LogP contribution in [0, 0.1) is 6.92 Å². The minimum absolute atomic E-state index is 0.0569. The lowest BCUT2D eigenvalue weighted by molar-refractivity contribution is 0.282. The molecule has 0 aliphatic rings. The van der Waals surface area contributed by atoms with Crippen molar-refractivity contribution in [3.8, 4) is 0 Å². The molecule has 1 N–H and O–H groups in total. The van der Waals surface area contributed by atoms with Gasteiger partial charge in [0, 0.05) is 16.1 Å². The standard InChI is InChI=1S/C11H10BrNO/c1-7-5-13-11-3-2-8(12)4-9(11)10(7)6-14/h2-5,14H,6H2,1H3. The van der Waals surface area contributed by atoms with Gasteiger partial charge in [-0.3, -0.25) is 4.98 Å². The molecule has 0 aliphatic carbocycles. The monoisotopic (exact) mass is 251 g/mol. The van der Waals surface area contributed by atoms with Crippen molar-refractivity contribution in [3.05, 3.63) is 40.0 Å². The minimum atomic E-state index is 0.0569. The largest absolute Gasteiger partial charge is 0.392 e. The SMILES string of the molecule is Cc1cnc2ccc(Br)cc2c1CO. The van der Waals surface area contributed by atoms with Crippen molar-refractivity contribution in [2.45, 2.75) is 13.5 Å². The van der Waals surface area contributed by atoms with E-state index in [2.05, 4.69) is 20.9 Å². The van der Waals surface area contributed by atoms with Gasteiger partial charge in [-0.1, -0.05) is 15.9 Å². The second-order valence-corrected chi connectivity index (χ2v) is 4.16. The lowest BCUT2D eigenvalue weighted by Gasteiger charge is -2.06. The first kappa shape index (κ1) is 9.62. The number of halogens is 1. The highest BCUT2D eigenvalue weighted by Gasteiger charge is 2.04. The summed E-state index contributed by atoms with van der Waals surface area (Å²) in [6.45, 7) is 2.01. The fourth-order valence-corrected chi connectivity index (χ4v) is 1.89. The van der Waals surface area contributed by atoms with E-state index in [4.69, 9.17) is 0 Å². The smallest absolute Gasteiger partial charge is 0.0706 e. The summed E-state index contributed by atoms with van der Waals surface area (Å²) in [5.74, 6) is 0. The lowest BCUT2D eigenvalue weighted by Crippen LogP contribution is -1.92. The molecule has 0 amide bonds.